The number of benzene rings is 2. The molecule has 2 aliphatic heterocycles. The van der Waals surface area contributed by atoms with Gasteiger partial charge in [0.2, 0.25) is 5.91 Å². The van der Waals surface area contributed by atoms with Gasteiger partial charge in [-0.1, -0.05) is 24.8 Å². The Morgan fingerprint density at radius 2 is 1.95 bits per heavy atom. The lowest BCUT2D eigenvalue weighted by atomic mass is 10.0. The summed E-state index contributed by atoms with van der Waals surface area (Å²) in [5, 5.41) is 16.8. The van der Waals surface area contributed by atoms with E-state index in [1.807, 2.05) is 55.5 Å². The highest BCUT2D eigenvalue weighted by atomic mass is 32.1. The number of aliphatic hydroxyl groups is 1. The van der Waals surface area contributed by atoms with Crippen molar-refractivity contribution in [3.63, 3.8) is 0 Å². The summed E-state index contributed by atoms with van der Waals surface area (Å²) in [5.74, 6) is 0.635. The molecule has 4 heterocycles. The first-order valence-electron chi connectivity index (χ1n) is 13.1. The van der Waals surface area contributed by atoms with Crippen molar-refractivity contribution in [2.45, 2.75) is 25.5 Å². The van der Waals surface area contributed by atoms with Gasteiger partial charge in [0.05, 0.1) is 28.6 Å². The summed E-state index contributed by atoms with van der Waals surface area (Å²) in [6.45, 7) is 5.84. The minimum Gasteiger partial charge on any atom is -0.457 e. The smallest absolute Gasteiger partial charge is 0.331 e. The van der Waals surface area contributed by atoms with E-state index in [2.05, 4.69) is 22.2 Å². The van der Waals surface area contributed by atoms with Gasteiger partial charge in [0.1, 0.15) is 21.2 Å². The van der Waals surface area contributed by atoms with Crippen LogP contribution in [0.3, 0.4) is 0 Å². The molecule has 0 unspecified atom stereocenters. The molecule has 11 heteroatoms. The summed E-state index contributed by atoms with van der Waals surface area (Å²) in [6, 6.07) is 15.8. The van der Waals surface area contributed by atoms with Crippen LogP contribution in [-0.4, -0.2) is 58.1 Å². The van der Waals surface area contributed by atoms with Gasteiger partial charge >= 0.3 is 6.03 Å². The van der Waals surface area contributed by atoms with Crippen LogP contribution in [-0.2, 0) is 4.79 Å². The molecule has 4 amide bonds. The van der Waals surface area contributed by atoms with Crippen LogP contribution in [0.25, 0.3) is 10.2 Å². The molecule has 1 saturated heterocycles. The number of likely N-dealkylation sites (tertiary alicyclic amines) is 1. The molecule has 2 aliphatic rings. The van der Waals surface area contributed by atoms with Crippen LogP contribution in [0.2, 0.25) is 0 Å². The SMILES string of the molecule is C=CC(=O)N1C[C@H](O)C[C@@H](NC(=O)c2sc3nccc4c3c2NC(=O)N4c2ccc(Oc3ccccc3)cc2C)C1. The molecular weight excluding hydrogens is 542 g/mol. The Hall–Kier alpha value is -4.74. The van der Waals surface area contributed by atoms with Crippen LogP contribution in [0.1, 0.15) is 21.7 Å². The molecule has 0 bridgehead atoms. The molecule has 0 aliphatic carbocycles. The fourth-order valence-corrected chi connectivity index (χ4v) is 6.31. The number of para-hydroxylation sites is 1. The number of ether oxygens (including phenoxy) is 1. The number of hydrogen-bond acceptors (Lipinski definition) is 7. The molecular formula is C30H27N5O5S. The molecule has 2 atom stereocenters. The monoisotopic (exact) mass is 569 g/mol. The van der Waals surface area contributed by atoms with E-state index in [-0.39, 0.29) is 19.0 Å². The number of rotatable bonds is 6. The van der Waals surface area contributed by atoms with Crippen molar-refractivity contribution in [1.29, 1.82) is 0 Å². The highest BCUT2D eigenvalue weighted by molar-refractivity contribution is 7.21. The van der Waals surface area contributed by atoms with E-state index in [0.29, 0.717) is 50.1 Å². The third kappa shape index (κ3) is 5.01. The topological polar surface area (TPSA) is 124 Å². The van der Waals surface area contributed by atoms with Crippen molar-refractivity contribution in [2.75, 3.05) is 23.3 Å². The number of hydrogen-bond donors (Lipinski definition) is 3. The number of β-amino-alcohol motifs (C(OH)–C–C–N with tert-alkyl or cyclic N) is 1. The van der Waals surface area contributed by atoms with Gasteiger partial charge in [-0.15, -0.1) is 11.3 Å². The Labute approximate surface area is 239 Å². The van der Waals surface area contributed by atoms with E-state index < -0.39 is 24.1 Å². The molecule has 0 radical (unpaired) electrons. The van der Waals surface area contributed by atoms with Gasteiger partial charge in [0.15, 0.2) is 0 Å². The quantitative estimate of drug-likeness (QED) is 0.282. The molecule has 6 rings (SSSR count). The van der Waals surface area contributed by atoms with Crippen LogP contribution in [0.5, 0.6) is 11.5 Å². The largest absolute Gasteiger partial charge is 0.457 e. The number of aliphatic hydroxyl groups excluding tert-OH is 1. The van der Waals surface area contributed by atoms with Crippen molar-refractivity contribution in [2.24, 2.45) is 0 Å². The Balaban J connectivity index is 1.29. The van der Waals surface area contributed by atoms with Crippen LogP contribution < -0.4 is 20.3 Å². The zero-order valence-electron chi connectivity index (χ0n) is 22.2. The number of carbonyl (C=O) groups excluding carboxylic acids is 3. The van der Waals surface area contributed by atoms with E-state index >= 15 is 0 Å². The molecule has 0 saturated carbocycles. The van der Waals surface area contributed by atoms with Crippen molar-refractivity contribution in [1.82, 2.24) is 15.2 Å². The lowest BCUT2D eigenvalue weighted by molar-refractivity contribution is -0.129. The average Bonchev–Trinajstić information content (AvgIpc) is 3.33. The second kappa shape index (κ2) is 10.7. The number of pyridine rings is 1. The highest BCUT2D eigenvalue weighted by Crippen LogP contribution is 2.46. The van der Waals surface area contributed by atoms with Gasteiger partial charge in [-0.05, 0) is 61.4 Å². The molecule has 2 aromatic carbocycles. The predicted molar refractivity (Wildman–Crippen MR) is 157 cm³/mol. The van der Waals surface area contributed by atoms with Crippen molar-refractivity contribution in [3.8, 4) is 11.5 Å². The Bertz CT molecular complexity index is 1690. The fraction of sp³-hybridized carbons (Fsp3) is 0.200. The summed E-state index contributed by atoms with van der Waals surface area (Å²) in [4.78, 5) is 47.5. The zero-order chi connectivity index (χ0) is 28.7. The van der Waals surface area contributed by atoms with E-state index in [1.54, 1.807) is 17.2 Å². The Kier molecular flexibility index (Phi) is 6.90. The summed E-state index contributed by atoms with van der Waals surface area (Å²) >= 11 is 1.18. The normalized spacial score (nSPS) is 18.1. The fourth-order valence-electron chi connectivity index (χ4n) is 5.29. The third-order valence-corrected chi connectivity index (χ3v) is 8.19. The van der Waals surface area contributed by atoms with Gasteiger partial charge in [0.25, 0.3) is 5.91 Å². The van der Waals surface area contributed by atoms with Crippen LogP contribution in [0.15, 0.2) is 73.4 Å². The number of nitrogens with one attached hydrogen (secondary N) is 2. The number of amides is 4. The standard InChI is InChI=1S/C30H27N5O5S/c1-3-24(37)34-15-18(14-19(36)16-34)32-28(38)27-26-25-23(11-12-31-29(25)41-27)35(30(39)33-26)22-10-9-21(13-17(22)2)40-20-7-5-4-6-8-20/h3-13,18-19,36H,1,14-16H2,2H3,(H,32,38)(H,33,39)/t18-,19-/m1/s1. The molecule has 1 fully saturated rings. The number of nitrogens with zero attached hydrogens (tertiary/aromatic N) is 3. The first-order chi connectivity index (χ1) is 19.8. The van der Waals surface area contributed by atoms with E-state index in [9.17, 15) is 19.5 Å². The average molecular weight is 570 g/mol. The number of piperidine rings is 1. The molecule has 10 nitrogen and oxygen atoms in total. The third-order valence-electron chi connectivity index (χ3n) is 7.09. The van der Waals surface area contributed by atoms with E-state index in [4.69, 9.17) is 4.74 Å². The lowest BCUT2D eigenvalue weighted by Crippen LogP contribution is -2.54. The van der Waals surface area contributed by atoms with Crippen molar-refractivity contribution < 1.29 is 24.2 Å². The Morgan fingerprint density at radius 3 is 2.71 bits per heavy atom. The maximum Gasteiger partial charge on any atom is 0.331 e. The summed E-state index contributed by atoms with van der Waals surface area (Å²) < 4.78 is 5.95. The number of aromatic nitrogens is 1. The van der Waals surface area contributed by atoms with E-state index in [0.717, 1.165) is 5.56 Å². The Morgan fingerprint density at radius 1 is 1.15 bits per heavy atom. The van der Waals surface area contributed by atoms with E-state index in [1.165, 1.54) is 22.3 Å². The number of thiophene rings is 1. The van der Waals surface area contributed by atoms with Gasteiger partial charge in [-0.2, -0.15) is 0 Å². The maximum absolute atomic E-state index is 13.5. The summed E-state index contributed by atoms with van der Waals surface area (Å²) in [5.41, 5.74) is 2.50. The molecule has 2 aromatic heterocycles. The molecule has 0 spiro atoms. The zero-order valence-corrected chi connectivity index (χ0v) is 23.0. The highest BCUT2D eigenvalue weighted by Gasteiger charge is 2.35. The van der Waals surface area contributed by atoms with Crippen LogP contribution in [0, 0.1) is 6.92 Å². The van der Waals surface area contributed by atoms with Crippen molar-refractivity contribution in [3.05, 3.63) is 83.9 Å². The van der Waals surface area contributed by atoms with Crippen LogP contribution in [0.4, 0.5) is 21.9 Å². The number of aryl methyl sites for hydroxylation is 1. The molecule has 3 N–H and O–H groups in total. The molecule has 41 heavy (non-hydrogen) atoms. The number of urea groups is 1. The van der Waals surface area contributed by atoms with Crippen molar-refractivity contribution >= 4 is 56.5 Å². The lowest BCUT2D eigenvalue weighted by Gasteiger charge is -2.35. The summed E-state index contributed by atoms with van der Waals surface area (Å²) in [6.07, 6.45) is 2.34. The molecule has 208 valence electrons. The number of anilines is 3. The minimum atomic E-state index is -0.770. The first-order valence-corrected chi connectivity index (χ1v) is 13.9. The predicted octanol–water partition coefficient (Wildman–Crippen LogP) is 4.96. The summed E-state index contributed by atoms with van der Waals surface area (Å²) in [7, 11) is 0. The number of carbonyl (C=O) groups is 3. The van der Waals surface area contributed by atoms with Gasteiger partial charge in [0, 0.05) is 25.3 Å². The maximum atomic E-state index is 13.5. The van der Waals surface area contributed by atoms with Gasteiger partial charge in [-0.25, -0.2) is 9.78 Å². The second-order valence-electron chi connectivity index (χ2n) is 9.95. The molecule has 4 aromatic rings. The first kappa shape index (κ1) is 26.5. The van der Waals surface area contributed by atoms with Gasteiger partial charge < -0.3 is 25.4 Å². The van der Waals surface area contributed by atoms with Gasteiger partial charge in [-0.3, -0.25) is 14.5 Å². The minimum absolute atomic E-state index is 0.184. The van der Waals surface area contributed by atoms with Crippen LogP contribution >= 0.6 is 11.3 Å². The second-order valence-corrected chi connectivity index (χ2v) is 11.0.